The van der Waals surface area contributed by atoms with Gasteiger partial charge in [-0.15, -0.1) is 0 Å². The third-order valence-electron chi connectivity index (χ3n) is 5.07. The summed E-state index contributed by atoms with van der Waals surface area (Å²) >= 11 is -0.274. The molecule has 0 fully saturated rings. The second-order valence-electron chi connectivity index (χ2n) is 6.49. The summed E-state index contributed by atoms with van der Waals surface area (Å²) in [6, 6.07) is 8.44. The van der Waals surface area contributed by atoms with Crippen LogP contribution in [0.3, 0.4) is 0 Å². The molecule has 27 heavy (non-hydrogen) atoms. The number of benzene rings is 2. The Hall–Kier alpha value is -2.41. The summed E-state index contributed by atoms with van der Waals surface area (Å²) in [6.07, 6.45) is 0. The summed E-state index contributed by atoms with van der Waals surface area (Å²) in [5.74, 6) is 0. The molecule has 1 N–H and O–H groups in total. The van der Waals surface area contributed by atoms with Crippen molar-refractivity contribution in [3.63, 3.8) is 0 Å². The molecule has 2 heterocycles. The molecule has 0 aliphatic heterocycles. The molecule has 0 spiro atoms. The zero-order chi connectivity index (χ0) is 19.1. The summed E-state index contributed by atoms with van der Waals surface area (Å²) in [6.45, 7) is 7.92. The molecule has 0 aliphatic rings. The van der Waals surface area contributed by atoms with Gasteiger partial charge in [0.1, 0.15) is 0 Å². The number of fused-ring (bicyclic) bond motifs is 2. The van der Waals surface area contributed by atoms with Crippen LogP contribution in [0.1, 0.15) is 13.8 Å². The van der Waals surface area contributed by atoms with Crippen molar-refractivity contribution in [1.29, 1.82) is 0 Å². The van der Waals surface area contributed by atoms with Crippen molar-refractivity contribution in [2.75, 3.05) is 19.6 Å². The van der Waals surface area contributed by atoms with Crippen molar-refractivity contribution < 1.29 is 4.92 Å². The van der Waals surface area contributed by atoms with Crippen LogP contribution in [0, 0.1) is 10.1 Å². The molecule has 0 bridgehead atoms. The second kappa shape index (κ2) is 6.96. The summed E-state index contributed by atoms with van der Waals surface area (Å²) in [4.78, 5) is 25.4. The van der Waals surface area contributed by atoms with Gasteiger partial charge in [0.15, 0.2) is 0 Å². The van der Waals surface area contributed by atoms with Gasteiger partial charge in [0, 0.05) is 0 Å². The predicted octanol–water partition coefficient (Wildman–Crippen LogP) is 2.94. The van der Waals surface area contributed by atoms with Crippen LogP contribution in [-0.4, -0.2) is 53.7 Å². The third kappa shape index (κ3) is 3.00. The molecule has 7 nitrogen and oxygen atoms in total. The van der Waals surface area contributed by atoms with E-state index in [0.717, 1.165) is 56.5 Å². The van der Waals surface area contributed by atoms with Crippen molar-refractivity contribution in [2.24, 2.45) is 0 Å². The average Bonchev–Trinajstić information content (AvgIpc) is 3.02. The van der Waals surface area contributed by atoms with E-state index in [1.807, 2.05) is 12.1 Å². The summed E-state index contributed by atoms with van der Waals surface area (Å²) in [5, 5.41) is 16.9. The Kier molecular flexibility index (Phi) is 4.63. The molecule has 0 saturated carbocycles. The Morgan fingerprint density at radius 2 is 2.00 bits per heavy atom. The van der Waals surface area contributed by atoms with Crippen molar-refractivity contribution >= 4 is 50.5 Å². The van der Waals surface area contributed by atoms with Gasteiger partial charge in [-0.25, -0.2) is 0 Å². The van der Waals surface area contributed by atoms with Gasteiger partial charge in [0.25, 0.3) is 0 Å². The van der Waals surface area contributed by atoms with E-state index < -0.39 is 0 Å². The molecular weight excluding hydrogens is 411 g/mol. The number of nitrogens with zero attached hydrogens (tertiary/aromatic N) is 3. The van der Waals surface area contributed by atoms with E-state index in [-0.39, 0.29) is 30.5 Å². The zero-order valence-electron chi connectivity index (χ0n) is 15.2. The second-order valence-corrected chi connectivity index (χ2v) is 8.70. The molecule has 0 amide bonds. The van der Waals surface area contributed by atoms with Crippen molar-refractivity contribution in [3.05, 3.63) is 50.7 Å². The number of non-ortho nitro benzene ring substituents is 1. The Labute approximate surface area is 161 Å². The molecule has 2 aromatic carbocycles. The van der Waals surface area contributed by atoms with Gasteiger partial charge in [-0.2, -0.15) is 0 Å². The molecule has 4 aromatic rings. The van der Waals surface area contributed by atoms with Gasteiger partial charge in [-0.3, -0.25) is 0 Å². The minimum atomic E-state index is -0.320. The van der Waals surface area contributed by atoms with Crippen LogP contribution in [-0.2, 0) is 6.54 Å². The Morgan fingerprint density at radius 3 is 2.70 bits per heavy atom. The molecule has 0 saturated heterocycles. The van der Waals surface area contributed by atoms with Crippen LogP contribution < -0.4 is 5.43 Å². The van der Waals surface area contributed by atoms with Crippen LogP contribution in [0.15, 0.2) is 35.1 Å². The monoisotopic (exact) mass is 432 g/mol. The number of aromatic nitrogens is 2. The molecule has 140 valence electrons. The fourth-order valence-electron chi connectivity index (χ4n) is 3.58. The first-order valence-electron chi connectivity index (χ1n) is 8.98. The maximum absolute atomic E-state index is 11.8. The number of hydrogen-bond acceptors (Lipinski definition) is 4. The van der Waals surface area contributed by atoms with Gasteiger partial charge in [0.05, 0.1) is 0 Å². The molecule has 0 aliphatic carbocycles. The van der Waals surface area contributed by atoms with Crippen molar-refractivity contribution in [3.8, 4) is 0 Å². The number of H-pyrrole nitrogens is 1. The van der Waals surface area contributed by atoms with Gasteiger partial charge in [-0.05, 0) is 0 Å². The van der Waals surface area contributed by atoms with Crippen LogP contribution in [0.2, 0.25) is 0 Å². The van der Waals surface area contributed by atoms with Crippen LogP contribution in [0.4, 0.5) is 5.69 Å². The zero-order valence-corrected chi connectivity index (χ0v) is 16.9. The first-order valence-corrected chi connectivity index (χ1v) is 10.7. The number of nitro benzene ring substituents is 1. The Balaban J connectivity index is 2.00. The molecule has 4 rings (SSSR count). The summed E-state index contributed by atoms with van der Waals surface area (Å²) in [5.41, 5.74) is 1.94. The Morgan fingerprint density at radius 1 is 1.22 bits per heavy atom. The van der Waals surface area contributed by atoms with Crippen LogP contribution in [0.5, 0.6) is 0 Å². The SMILES string of the molecule is CCN(CC)CCn1[nH]c2c3ccc(=O)cc3[se]c3c([N+](=O)[O-])ccc1c32. The minimum absolute atomic E-state index is 0.0603. The van der Waals surface area contributed by atoms with E-state index in [4.69, 9.17) is 0 Å². The first-order chi connectivity index (χ1) is 13.0. The fourth-order valence-corrected chi connectivity index (χ4v) is 6.16. The number of aromatic amines is 1. The molecule has 8 heteroatoms. The number of hydrogen-bond donors (Lipinski definition) is 1. The number of nitro groups is 1. The van der Waals surface area contributed by atoms with E-state index in [0.29, 0.717) is 0 Å². The van der Waals surface area contributed by atoms with Gasteiger partial charge in [0.2, 0.25) is 0 Å². The molecule has 0 atom stereocenters. The fraction of sp³-hybridized carbons (Fsp3) is 0.316. The summed E-state index contributed by atoms with van der Waals surface area (Å²) < 4.78 is 3.72. The van der Waals surface area contributed by atoms with E-state index >= 15 is 0 Å². The normalized spacial score (nSPS) is 12.0. The molecule has 0 unspecified atom stereocenters. The standard InChI is InChI=1S/C19H20N4O3Se/c1-3-21(4-2)9-10-22-14-7-8-15(23(25)26)19-17(14)18(20-22)13-6-5-12(24)11-16(13)27-19/h5-8,11,20H,3-4,9-10H2,1-2H3. The molecule has 2 aromatic heterocycles. The van der Waals surface area contributed by atoms with Crippen molar-refractivity contribution in [2.45, 2.75) is 20.4 Å². The molecule has 0 radical (unpaired) electrons. The van der Waals surface area contributed by atoms with Crippen LogP contribution in [0.25, 0.3) is 30.3 Å². The van der Waals surface area contributed by atoms with E-state index in [1.54, 1.807) is 18.2 Å². The van der Waals surface area contributed by atoms with Crippen LogP contribution >= 0.6 is 0 Å². The number of likely N-dealkylation sites (N-methyl/N-ethyl adjacent to an activating group) is 1. The topological polar surface area (TPSA) is 84.2 Å². The van der Waals surface area contributed by atoms with Gasteiger partial charge >= 0.3 is 161 Å². The average molecular weight is 431 g/mol. The van der Waals surface area contributed by atoms with Crippen molar-refractivity contribution in [1.82, 2.24) is 14.7 Å². The first kappa shape index (κ1) is 18.0. The van der Waals surface area contributed by atoms with E-state index in [2.05, 4.69) is 28.5 Å². The van der Waals surface area contributed by atoms with Gasteiger partial charge < -0.3 is 0 Å². The van der Waals surface area contributed by atoms with E-state index in [1.165, 1.54) is 0 Å². The molecular formula is C19H20N4O3Se. The Bertz CT molecular complexity index is 1220. The quantitative estimate of drug-likeness (QED) is 0.220. The van der Waals surface area contributed by atoms with Gasteiger partial charge in [-0.1, -0.05) is 0 Å². The number of nitrogens with one attached hydrogen (secondary N) is 1. The number of rotatable bonds is 6. The predicted molar refractivity (Wildman–Crippen MR) is 109 cm³/mol. The van der Waals surface area contributed by atoms with E-state index in [9.17, 15) is 14.9 Å². The third-order valence-corrected chi connectivity index (χ3v) is 7.53. The maximum atomic E-state index is 11.8. The summed E-state index contributed by atoms with van der Waals surface area (Å²) in [7, 11) is 0.